The number of methoxy groups -OCH3 is 1. The first-order valence-corrected chi connectivity index (χ1v) is 6.55. The first-order valence-electron chi connectivity index (χ1n) is 6.55. The zero-order valence-electron chi connectivity index (χ0n) is 11.7. The Balaban J connectivity index is 2.21. The Kier molecular flexibility index (Phi) is 4.98. The summed E-state index contributed by atoms with van der Waals surface area (Å²) in [6.45, 7) is -0.487. The normalized spacial score (nSPS) is 33.2. The Labute approximate surface area is 125 Å². The van der Waals surface area contributed by atoms with E-state index in [0.717, 1.165) is 13.3 Å². The molecule has 5 N–H and O–H groups in total. The van der Waals surface area contributed by atoms with Crippen molar-refractivity contribution in [3.05, 3.63) is 11.8 Å². The molecule has 0 saturated carbocycles. The molecule has 2 amide bonds. The fourth-order valence-electron chi connectivity index (χ4n) is 2.33. The number of rotatable bonds is 4. The van der Waals surface area contributed by atoms with Gasteiger partial charge in [0, 0.05) is 12.7 Å². The van der Waals surface area contributed by atoms with Gasteiger partial charge in [-0.05, 0) is 5.57 Å². The fraction of sp³-hybridized carbons (Fsp3) is 0.667. The van der Waals surface area contributed by atoms with Gasteiger partial charge in [0.1, 0.15) is 24.4 Å². The Morgan fingerprint density at radius 2 is 2.23 bits per heavy atom. The number of esters is 1. The highest BCUT2D eigenvalue weighted by atomic mass is 16.6. The predicted molar refractivity (Wildman–Crippen MR) is 69.1 cm³/mol. The molecule has 0 aliphatic carbocycles. The van der Waals surface area contributed by atoms with Gasteiger partial charge >= 0.3 is 12.0 Å². The van der Waals surface area contributed by atoms with Gasteiger partial charge in [0.05, 0.1) is 13.7 Å². The number of nitrogens with one attached hydrogen (secondary N) is 1. The van der Waals surface area contributed by atoms with Crippen LogP contribution in [0.1, 0.15) is 0 Å². The molecule has 3 unspecified atom stereocenters. The van der Waals surface area contributed by atoms with E-state index in [1.54, 1.807) is 0 Å². The van der Waals surface area contributed by atoms with Crippen molar-refractivity contribution in [3.8, 4) is 0 Å². The van der Waals surface area contributed by atoms with Crippen molar-refractivity contribution in [3.63, 3.8) is 0 Å². The Hall–Kier alpha value is -1.72. The van der Waals surface area contributed by atoms with Crippen LogP contribution < -0.4 is 5.32 Å². The van der Waals surface area contributed by atoms with Gasteiger partial charge in [0.25, 0.3) is 0 Å². The highest BCUT2D eigenvalue weighted by Gasteiger charge is 2.45. The van der Waals surface area contributed by atoms with Crippen molar-refractivity contribution in [2.45, 2.75) is 30.6 Å². The highest BCUT2D eigenvalue weighted by Crippen LogP contribution is 2.27. The van der Waals surface area contributed by atoms with Gasteiger partial charge in [-0.1, -0.05) is 0 Å². The first kappa shape index (κ1) is 16.6. The third-order valence-corrected chi connectivity index (χ3v) is 3.57. The third-order valence-electron chi connectivity index (χ3n) is 3.57. The number of aliphatic hydroxyl groups is 4. The number of nitrogens with zero attached hydrogens (tertiary/aromatic N) is 1. The number of urea groups is 1. The van der Waals surface area contributed by atoms with Crippen LogP contribution in [0.4, 0.5) is 4.79 Å². The van der Waals surface area contributed by atoms with Crippen molar-refractivity contribution >= 4 is 12.0 Å². The van der Waals surface area contributed by atoms with Crippen LogP contribution in [0.3, 0.4) is 0 Å². The van der Waals surface area contributed by atoms with Crippen LogP contribution in [0.25, 0.3) is 0 Å². The van der Waals surface area contributed by atoms with E-state index in [4.69, 9.17) is 9.84 Å². The van der Waals surface area contributed by atoms with E-state index >= 15 is 0 Å². The highest BCUT2D eigenvalue weighted by molar-refractivity contribution is 5.84. The molecule has 2 heterocycles. The van der Waals surface area contributed by atoms with E-state index in [1.165, 1.54) is 0 Å². The second-order valence-corrected chi connectivity index (χ2v) is 4.93. The van der Waals surface area contributed by atoms with Crippen molar-refractivity contribution in [1.82, 2.24) is 10.2 Å². The summed E-state index contributed by atoms with van der Waals surface area (Å²) in [5.41, 5.74) is 0.324. The number of amides is 2. The Morgan fingerprint density at radius 3 is 2.77 bits per heavy atom. The molecule has 2 aliphatic heterocycles. The van der Waals surface area contributed by atoms with E-state index in [9.17, 15) is 24.9 Å². The lowest BCUT2D eigenvalue weighted by Gasteiger charge is -2.30. The number of carbonyl (C=O) groups excluding carboxylic acids is 2. The summed E-state index contributed by atoms with van der Waals surface area (Å²) in [6.07, 6.45) is -5.24. The second kappa shape index (κ2) is 6.58. The molecule has 0 aromatic carbocycles. The van der Waals surface area contributed by atoms with Crippen LogP contribution in [0.15, 0.2) is 11.8 Å². The molecule has 0 aromatic rings. The van der Waals surface area contributed by atoms with E-state index in [0.29, 0.717) is 10.5 Å². The molecule has 2 rings (SSSR count). The zero-order chi connectivity index (χ0) is 16.4. The Morgan fingerprint density at radius 1 is 1.55 bits per heavy atom. The minimum atomic E-state index is -1.85. The minimum absolute atomic E-state index is 0.00415. The van der Waals surface area contributed by atoms with Gasteiger partial charge in [0.2, 0.25) is 6.23 Å². The second-order valence-electron chi connectivity index (χ2n) is 4.93. The van der Waals surface area contributed by atoms with Crippen LogP contribution in [-0.4, -0.2) is 88.2 Å². The van der Waals surface area contributed by atoms with Crippen LogP contribution in [0.2, 0.25) is 0 Å². The van der Waals surface area contributed by atoms with Crippen molar-refractivity contribution in [2.75, 3.05) is 20.3 Å². The number of hydrogen-bond acceptors (Lipinski definition) is 8. The van der Waals surface area contributed by atoms with Crippen molar-refractivity contribution < 1.29 is 39.5 Å². The molecule has 10 heteroatoms. The number of aliphatic hydroxyl groups excluding tert-OH is 4. The lowest BCUT2D eigenvalue weighted by molar-refractivity contribution is -0.156. The van der Waals surface area contributed by atoms with E-state index in [2.05, 4.69) is 10.1 Å². The summed E-state index contributed by atoms with van der Waals surface area (Å²) in [5.74, 6) is -1.03. The summed E-state index contributed by atoms with van der Waals surface area (Å²) >= 11 is 0. The van der Waals surface area contributed by atoms with E-state index < -0.39 is 49.3 Å². The van der Waals surface area contributed by atoms with Gasteiger partial charge in [-0.3, -0.25) is 4.90 Å². The van der Waals surface area contributed by atoms with Crippen LogP contribution >= 0.6 is 0 Å². The predicted octanol–water partition coefficient (Wildman–Crippen LogP) is -3.13. The van der Waals surface area contributed by atoms with E-state index in [1.807, 2.05) is 0 Å². The minimum Gasteiger partial charge on any atom is -0.466 e. The lowest BCUT2D eigenvalue weighted by Crippen LogP contribution is -2.52. The molecule has 1 fully saturated rings. The molecule has 0 aromatic heterocycles. The van der Waals surface area contributed by atoms with Crippen molar-refractivity contribution in [2.24, 2.45) is 0 Å². The molecule has 0 radical (unpaired) electrons. The molecule has 0 spiro atoms. The fourth-order valence-corrected chi connectivity index (χ4v) is 2.33. The first-order chi connectivity index (χ1) is 10.4. The maximum atomic E-state index is 11.7. The summed E-state index contributed by atoms with van der Waals surface area (Å²) in [5, 5.41) is 40.9. The van der Waals surface area contributed by atoms with Gasteiger partial charge in [-0.25, -0.2) is 9.59 Å². The Bertz CT molecular complexity index is 482. The van der Waals surface area contributed by atoms with E-state index in [-0.39, 0.29) is 6.54 Å². The summed E-state index contributed by atoms with van der Waals surface area (Å²) < 4.78 is 9.68. The molecule has 2 aliphatic rings. The van der Waals surface area contributed by atoms with Gasteiger partial charge in [0.15, 0.2) is 0 Å². The topological polar surface area (TPSA) is 149 Å². The van der Waals surface area contributed by atoms with Crippen molar-refractivity contribution in [1.29, 1.82) is 0 Å². The molecular weight excluding hydrogens is 300 g/mol. The number of hydrogen-bond donors (Lipinski definition) is 5. The summed E-state index contributed by atoms with van der Waals surface area (Å²) in [4.78, 5) is 23.7. The number of carbonyl (C=O) groups is 2. The number of ether oxygens (including phenoxy) is 2. The lowest BCUT2D eigenvalue weighted by atomic mass is 10.0. The van der Waals surface area contributed by atoms with Crippen LogP contribution in [0.5, 0.6) is 0 Å². The maximum Gasteiger partial charge on any atom is 0.356 e. The largest absolute Gasteiger partial charge is 0.466 e. The molecule has 124 valence electrons. The monoisotopic (exact) mass is 318 g/mol. The summed E-state index contributed by atoms with van der Waals surface area (Å²) in [7, 11) is 1.06. The molecule has 10 nitrogen and oxygen atoms in total. The molecular formula is C12H18N2O8. The van der Waals surface area contributed by atoms with Crippen LogP contribution in [0, 0.1) is 0 Å². The zero-order valence-corrected chi connectivity index (χ0v) is 11.7. The quantitative estimate of drug-likeness (QED) is 0.342. The van der Waals surface area contributed by atoms with Crippen LogP contribution in [-0.2, 0) is 14.3 Å². The van der Waals surface area contributed by atoms with Gasteiger partial charge < -0.3 is 35.2 Å². The maximum absolute atomic E-state index is 11.7. The average molecular weight is 318 g/mol. The summed E-state index contributed by atoms with van der Waals surface area (Å²) in [6, 6.07) is -0.728. The molecule has 0 bridgehead atoms. The average Bonchev–Trinajstić information content (AvgIpc) is 2.82. The van der Waals surface area contributed by atoms with Gasteiger partial charge in [-0.15, -0.1) is 0 Å². The SMILES string of the molecule is COC(=O)C(O)N1C=C([C@@H]2O[C@H](CO)C(O)C2O)CNC1=O. The molecule has 5 atom stereocenters. The smallest absolute Gasteiger partial charge is 0.356 e. The van der Waals surface area contributed by atoms with Gasteiger partial charge in [-0.2, -0.15) is 0 Å². The standard InChI is InChI=1S/C12H18N2O8/c1-21-11(19)10(18)14-3-5(2-13-12(14)20)9-8(17)7(16)6(4-15)22-9/h3,6-10,15-18H,2,4H2,1H3,(H,13,20)/t6-,7?,8?,9+,10?/m1/s1. The molecule has 22 heavy (non-hydrogen) atoms. The molecule has 1 saturated heterocycles. The third kappa shape index (κ3) is 2.91.